The lowest BCUT2D eigenvalue weighted by Crippen LogP contribution is -3.00. The van der Waals surface area contributed by atoms with Crippen LogP contribution in [0, 0.1) is 0 Å². The van der Waals surface area contributed by atoms with Gasteiger partial charge >= 0.3 is 5.97 Å². The fourth-order valence-electron chi connectivity index (χ4n) is 6.26. The summed E-state index contributed by atoms with van der Waals surface area (Å²) in [6.45, 7) is 8.93. The highest BCUT2D eigenvalue weighted by Crippen LogP contribution is 2.43. The maximum absolute atomic E-state index is 12.2. The normalized spacial score (nSPS) is 19.0. The van der Waals surface area contributed by atoms with Crippen LogP contribution in [0.5, 0.6) is 0 Å². The Balaban J connectivity index is 0.00000480. The van der Waals surface area contributed by atoms with Gasteiger partial charge in [-0.2, -0.15) is 4.58 Å². The van der Waals surface area contributed by atoms with Gasteiger partial charge in [-0.1, -0.05) is 6.08 Å². The maximum Gasteiger partial charge on any atom is 0.333 e. The minimum Gasteiger partial charge on any atom is -1.00 e. The molecule has 1 saturated heterocycles. The molecule has 3 aliphatic rings. The Morgan fingerprint density at radius 2 is 1.74 bits per heavy atom. The molecule has 2 amide bonds. The van der Waals surface area contributed by atoms with E-state index in [9.17, 15) is 27.4 Å². The molecular formula is C33H39ClN4O7S. The van der Waals surface area contributed by atoms with Crippen molar-refractivity contribution in [3.8, 4) is 0 Å². The van der Waals surface area contributed by atoms with Gasteiger partial charge in [0.05, 0.1) is 34.5 Å². The number of pyridine rings is 1. The summed E-state index contributed by atoms with van der Waals surface area (Å²) in [6.07, 6.45) is 10.1. The van der Waals surface area contributed by atoms with Crippen molar-refractivity contribution < 1.29 is 53.7 Å². The summed E-state index contributed by atoms with van der Waals surface area (Å²) in [5.41, 5.74) is 3.92. The third kappa shape index (κ3) is 6.65. The van der Waals surface area contributed by atoms with E-state index in [1.165, 1.54) is 17.7 Å². The molecule has 1 N–H and O–H groups in total. The number of fused-ring (bicyclic) bond motifs is 2. The van der Waals surface area contributed by atoms with E-state index in [-0.39, 0.29) is 42.0 Å². The molecule has 5 rings (SSSR count). The van der Waals surface area contributed by atoms with Crippen LogP contribution in [0.3, 0.4) is 0 Å². The lowest BCUT2D eigenvalue weighted by atomic mass is 9.81. The smallest absolute Gasteiger partial charge is 0.333 e. The Bertz CT molecular complexity index is 1780. The van der Waals surface area contributed by atoms with Gasteiger partial charge in [0.25, 0.3) is 17.6 Å². The van der Waals surface area contributed by atoms with Crippen LogP contribution in [0.4, 0.5) is 11.5 Å². The second-order valence-electron chi connectivity index (χ2n) is 12.7. The predicted octanol–water partition coefficient (Wildman–Crippen LogP) is 0.806. The van der Waals surface area contributed by atoms with E-state index >= 15 is 0 Å². The number of allylic oxidation sites excluding steroid dienone is 4. The average molecular weight is 671 g/mol. The average Bonchev–Trinajstić information content (AvgIpc) is 3.50. The van der Waals surface area contributed by atoms with E-state index in [0.29, 0.717) is 30.9 Å². The molecule has 46 heavy (non-hydrogen) atoms. The third-order valence-electron chi connectivity index (χ3n) is 8.91. The molecule has 2 aromatic rings. The van der Waals surface area contributed by atoms with Gasteiger partial charge in [0.15, 0.2) is 5.71 Å². The topological polar surface area (TPSA) is 140 Å². The van der Waals surface area contributed by atoms with Crippen molar-refractivity contribution >= 4 is 45.1 Å². The number of hydroxylamine groups is 2. The molecular weight excluding hydrogens is 632 g/mol. The number of anilines is 1. The van der Waals surface area contributed by atoms with Crippen molar-refractivity contribution in [2.75, 3.05) is 11.9 Å². The zero-order valence-corrected chi connectivity index (χ0v) is 28.2. The van der Waals surface area contributed by atoms with Gasteiger partial charge in [0.1, 0.15) is 22.4 Å². The molecule has 0 radical (unpaired) electrons. The molecule has 3 aliphatic heterocycles. The maximum atomic E-state index is 12.2. The highest BCUT2D eigenvalue weighted by atomic mass is 35.5. The number of rotatable bonds is 10. The number of carbonyl (C=O) groups is 3. The molecule has 11 nitrogen and oxygen atoms in total. The van der Waals surface area contributed by atoms with Crippen LogP contribution < -0.4 is 22.3 Å². The summed E-state index contributed by atoms with van der Waals surface area (Å²) in [5.74, 6) is -0.595. The van der Waals surface area contributed by atoms with Crippen molar-refractivity contribution in [2.24, 2.45) is 7.05 Å². The van der Waals surface area contributed by atoms with Crippen LogP contribution in [-0.2, 0) is 47.2 Å². The van der Waals surface area contributed by atoms with Gasteiger partial charge in [-0.05, 0) is 70.9 Å². The number of halogens is 1. The van der Waals surface area contributed by atoms with Crippen LogP contribution in [0.1, 0.15) is 77.3 Å². The van der Waals surface area contributed by atoms with E-state index in [1.807, 2.05) is 45.3 Å². The van der Waals surface area contributed by atoms with Crippen LogP contribution >= 0.6 is 0 Å². The van der Waals surface area contributed by atoms with Crippen LogP contribution in [0.25, 0.3) is 0 Å². The Morgan fingerprint density at radius 3 is 2.39 bits per heavy atom. The molecule has 13 heteroatoms. The van der Waals surface area contributed by atoms with E-state index in [4.69, 9.17) is 4.84 Å². The van der Waals surface area contributed by atoms with Crippen molar-refractivity contribution in [1.29, 1.82) is 0 Å². The van der Waals surface area contributed by atoms with E-state index < -0.39 is 33.3 Å². The first-order chi connectivity index (χ1) is 21.1. The van der Waals surface area contributed by atoms with E-state index in [1.54, 1.807) is 6.07 Å². The Hall–Kier alpha value is -3.87. The molecule has 1 aromatic heterocycles. The molecule has 1 fully saturated rings. The molecule has 4 heterocycles. The fraction of sp³-hybridized carbons (Fsp3) is 0.424. The number of aromatic nitrogens is 1. The van der Waals surface area contributed by atoms with Crippen LogP contribution in [0.2, 0.25) is 0 Å². The van der Waals surface area contributed by atoms with Gasteiger partial charge in [-0.3, -0.25) is 9.59 Å². The molecule has 0 unspecified atom stereocenters. The zero-order chi connectivity index (χ0) is 32.7. The summed E-state index contributed by atoms with van der Waals surface area (Å²) in [6, 6.07) is 8.65. The number of benzene rings is 1. The van der Waals surface area contributed by atoms with Crippen molar-refractivity contribution in [1.82, 2.24) is 5.06 Å². The van der Waals surface area contributed by atoms with Gasteiger partial charge in [0, 0.05) is 43.4 Å². The van der Waals surface area contributed by atoms with E-state index in [0.717, 1.165) is 28.5 Å². The minimum absolute atomic E-state index is 0. The fourth-order valence-corrected chi connectivity index (χ4v) is 6.76. The monoisotopic (exact) mass is 670 g/mol. The number of hydrogen-bond donors (Lipinski definition) is 1. The largest absolute Gasteiger partial charge is 1.00 e. The predicted molar refractivity (Wildman–Crippen MR) is 164 cm³/mol. The molecule has 0 aliphatic carbocycles. The molecule has 246 valence electrons. The standard InChI is InChI=1S/C33H38N4O7S.ClH/c1-32(2)23-11-10-19-35(5)31(23)34-26(32)12-9-13-27-33(3,4)24-21-22(45(41,42)43)15-16-25(24)36(27)20-8-6-7-14-30(40)44-37-28(38)17-18-29(37)39;/h9-13,15-16,19,21H,6-8,14,17-18,20H2,1-5H3;1H. The Morgan fingerprint density at radius 1 is 1.04 bits per heavy atom. The molecule has 0 saturated carbocycles. The summed E-state index contributed by atoms with van der Waals surface area (Å²) in [5, 5.41) is 4.11. The lowest BCUT2D eigenvalue weighted by Gasteiger charge is -2.17. The quantitative estimate of drug-likeness (QED) is 0.170. The number of unbranched alkanes of at least 4 members (excludes halogenated alkanes) is 2. The SMILES string of the molecule is C[n+]1cccc2c1N/C(=C/C=C/C1=[N+](CCCCCC(=O)ON3C(=O)CCC3=O)c3ccc(S(=O)(=O)[O-])cc3C1(C)C)C2(C)C.[Cl-]. The van der Waals surface area contributed by atoms with Crippen LogP contribution in [0.15, 0.2) is 65.3 Å². The summed E-state index contributed by atoms with van der Waals surface area (Å²) >= 11 is 0. The molecule has 0 atom stereocenters. The molecule has 1 aromatic carbocycles. The number of nitrogens with zero attached hydrogens (tertiary/aromatic N) is 3. The van der Waals surface area contributed by atoms with Gasteiger partial charge in [-0.15, -0.1) is 5.06 Å². The molecule has 0 bridgehead atoms. The minimum atomic E-state index is -4.63. The Labute approximate surface area is 275 Å². The van der Waals surface area contributed by atoms with Crippen molar-refractivity contribution in [3.63, 3.8) is 0 Å². The van der Waals surface area contributed by atoms with Crippen molar-refractivity contribution in [3.05, 3.63) is 71.6 Å². The van der Waals surface area contributed by atoms with Gasteiger partial charge in [-0.25, -0.2) is 23.1 Å². The summed E-state index contributed by atoms with van der Waals surface area (Å²) in [7, 11) is -2.63. The van der Waals surface area contributed by atoms with Crippen LogP contribution in [-0.4, -0.2) is 52.6 Å². The second-order valence-corrected chi connectivity index (χ2v) is 14.1. The zero-order valence-electron chi connectivity index (χ0n) is 26.6. The number of carbonyl (C=O) groups excluding carboxylic acids is 3. The number of nitrogens with one attached hydrogen (secondary N) is 1. The second kappa shape index (κ2) is 13.1. The first kappa shape index (κ1) is 35.0. The van der Waals surface area contributed by atoms with Crippen molar-refractivity contribution in [2.45, 2.75) is 81.9 Å². The summed E-state index contributed by atoms with van der Waals surface area (Å²) < 4.78 is 39.8. The molecule has 0 spiro atoms. The highest BCUT2D eigenvalue weighted by molar-refractivity contribution is 7.85. The number of amides is 2. The number of hydrogen-bond acceptors (Lipinski definition) is 8. The summed E-state index contributed by atoms with van der Waals surface area (Å²) in [4.78, 5) is 40.3. The first-order valence-electron chi connectivity index (χ1n) is 15.1. The number of aryl methyl sites for hydroxylation is 1. The lowest BCUT2D eigenvalue weighted by molar-refractivity contribution is -0.657. The number of imide groups is 1. The van der Waals surface area contributed by atoms with Gasteiger partial charge < -0.3 is 21.8 Å². The van der Waals surface area contributed by atoms with Gasteiger partial charge in [0.2, 0.25) is 5.69 Å². The third-order valence-corrected chi connectivity index (χ3v) is 9.74. The highest BCUT2D eigenvalue weighted by Gasteiger charge is 2.45. The Kier molecular flexibility index (Phi) is 9.96. The first-order valence-corrected chi connectivity index (χ1v) is 16.5. The van der Waals surface area contributed by atoms with E-state index in [2.05, 4.69) is 40.4 Å².